The molecule has 1 fully saturated rings. The Balaban J connectivity index is 1.98. The van der Waals surface area contributed by atoms with Crippen molar-refractivity contribution in [2.45, 2.75) is 12.0 Å². The van der Waals surface area contributed by atoms with Crippen molar-refractivity contribution in [1.82, 2.24) is 4.90 Å². The molecule has 1 aromatic carbocycles. The van der Waals surface area contributed by atoms with Crippen molar-refractivity contribution in [3.05, 3.63) is 35.9 Å². The Hall–Kier alpha value is -1.43. The van der Waals surface area contributed by atoms with Crippen molar-refractivity contribution in [2.75, 3.05) is 33.4 Å². The number of ether oxygens (including phenoxy) is 1. The number of carbonyl (C=O) groups is 1. The number of hydrogen-bond donors (Lipinski definition) is 2. The summed E-state index contributed by atoms with van der Waals surface area (Å²) in [7, 11) is 2.05. The molecule has 1 heterocycles. The van der Waals surface area contributed by atoms with Crippen molar-refractivity contribution in [1.29, 1.82) is 0 Å². The highest BCUT2D eigenvalue weighted by atomic mass is 16.5. The van der Waals surface area contributed by atoms with E-state index in [4.69, 9.17) is 10.5 Å². The van der Waals surface area contributed by atoms with E-state index in [1.807, 2.05) is 13.1 Å². The first-order chi connectivity index (χ1) is 9.56. The van der Waals surface area contributed by atoms with Gasteiger partial charge in [-0.25, -0.2) is 4.79 Å². The van der Waals surface area contributed by atoms with E-state index in [0.717, 1.165) is 19.5 Å². The predicted octanol–water partition coefficient (Wildman–Crippen LogP) is 0.328. The number of nitrogens with two attached hydrogens (primary N) is 1. The van der Waals surface area contributed by atoms with Gasteiger partial charge >= 0.3 is 5.97 Å². The highest BCUT2D eigenvalue weighted by Crippen LogP contribution is 2.21. The fourth-order valence-electron chi connectivity index (χ4n) is 2.49. The maximum atomic E-state index is 12.2. The van der Waals surface area contributed by atoms with Gasteiger partial charge in [-0.2, -0.15) is 0 Å². The largest absolute Gasteiger partial charge is 0.464 e. The Morgan fingerprint density at radius 2 is 2.20 bits per heavy atom. The molecule has 2 atom stereocenters. The minimum Gasteiger partial charge on any atom is -0.464 e. The molecule has 0 aromatic heterocycles. The molecule has 0 saturated carbocycles. The number of esters is 1. The Morgan fingerprint density at radius 3 is 2.75 bits per heavy atom. The molecule has 0 amide bonds. The van der Waals surface area contributed by atoms with Crippen LogP contribution in [0.4, 0.5) is 0 Å². The maximum Gasteiger partial charge on any atom is 0.333 e. The third-order valence-electron chi connectivity index (χ3n) is 3.84. The summed E-state index contributed by atoms with van der Waals surface area (Å²) in [6.45, 7) is 1.83. The summed E-state index contributed by atoms with van der Waals surface area (Å²) in [4.78, 5) is 14.4. The summed E-state index contributed by atoms with van der Waals surface area (Å²) in [5.74, 6) is -0.219. The van der Waals surface area contributed by atoms with Gasteiger partial charge in [-0.15, -0.1) is 0 Å². The van der Waals surface area contributed by atoms with Crippen LogP contribution in [0, 0.1) is 5.92 Å². The second-order valence-electron chi connectivity index (χ2n) is 5.51. The normalized spacial score (nSPS) is 22.4. The van der Waals surface area contributed by atoms with Crippen LogP contribution < -0.4 is 5.73 Å². The average Bonchev–Trinajstić information content (AvgIpc) is 2.90. The van der Waals surface area contributed by atoms with Gasteiger partial charge in [-0.3, -0.25) is 0 Å². The summed E-state index contributed by atoms with van der Waals surface area (Å²) in [6, 6.07) is 8.85. The lowest BCUT2D eigenvalue weighted by Crippen LogP contribution is -2.49. The van der Waals surface area contributed by atoms with Crippen LogP contribution in [0.3, 0.4) is 0 Å². The second-order valence-corrected chi connectivity index (χ2v) is 5.51. The maximum absolute atomic E-state index is 12.2. The van der Waals surface area contributed by atoms with Gasteiger partial charge in [-0.05, 0) is 25.6 Å². The Morgan fingerprint density at radius 1 is 1.50 bits per heavy atom. The third kappa shape index (κ3) is 3.17. The summed E-state index contributed by atoms with van der Waals surface area (Å²) >= 11 is 0. The molecule has 0 radical (unpaired) electrons. The zero-order valence-electron chi connectivity index (χ0n) is 11.8. The van der Waals surface area contributed by atoms with Crippen LogP contribution in [0.25, 0.3) is 0 Å². The molecule has 1 aromatic rings. The minimum absolute atomic E-state index is 0.350. The summed E-state index contributed by atoms with van der Waals surface area (Å²) in [5, 5.41) is 9.51. The number of rotatable bonds is 5. The lowest BCUT2D eigenvalue weighted by Gasteiger charge is -2.26. The van der Waals surface area contributed by atoms with Crippen LogP contribution >= 0.6 is 0 Å². The number of aliphatic hydroxyl groups is 1. The lowest BCUT2D eigenvalue weighted by atomic mass is 9.92. The number of carbonyl (C=O) groups excluding carboxylic acids is 1. The van der Waals surface area contributed by atoms with Gasteiger partial charge in [0.1, 0.15) is 0 Å². The first-order valence-electron chi connectivity index (χ1n) is 6.87. The van der Waals surface area contributed by atoms with E-state index in [0.29, 0.717) is 18.1 Å². The summed E-state index contributed by atoms with van der Waals surface area (Å²) in [5.41, 5.74) is 5.12. The van der Waals surface area contributed by atoms with Crippen LogP contribution in [0.1, 0.15) is 12.0 Å². The molecular weight excluding hydrogens is 256 g/mol. The minimum atomic E-state index is -1.48. The van der Waals surface area contributed by atoms with Crippen molar-refractivity contribution in [2.24, 2.45) is 11.7 Å². The van der Waals surface area contributed by atoms with E-state index in [-0.39, 0.29) is 0 Å². The van der Waals surface area contributed by atoms with E-state index in [9.17, 15) is 9.90 Å². The smallest absolute Gasteiger partial charge is 0.333 e. The van der Waals surface area contributed by atoms with Gasteiger partial charge in [0, 0.05) is 12.5 Å². The Bertz CT molecular complexity index is 452. The van der Waals surface area contributed by atoms with Crippen LogP contribution in [-0.4, -0.2) is 49.3 Å². The molecular formula is C15H22N2O3. The molecule has 3 N–H and O–H groups in total. The summed E-state index contributed by atoms with van der Waals surface area (Å²) < 4.78 is 5.33. The lowest BCUT2D eigenvalue weighted by molar-refractivity contribution is -0.153. The molecule has 0 bridgehead atoms. The number of aliphatic hydroxyl groups excluding tert-OH is 1. The Kier molecular flexibility index (Phi) is 4.75. The van der Waals surface area contributed by atoms with Crippen molar-refractivity contribution >= 4 is 5.97 Å². The fraction of sp³-hybridized carbons (Fsp3) is 0.533. The van der Waals surface area contributed by atoms with Crippen LogP contribution in [0.2, 0.25) is 0 Å². The number of nitrogens with zero attached hydrogens (tertiary/aromatic N) is 1. The zero-order valence-corrected chi connectivity index (χ0v) is 11.8. The monoisotopic (exact) mass is 278 g/mol. The molecule has 1 saturated heterocycles. The molecule has 1 unspecified atom stereocenters. The van der Waals surface area contributed by atoms with E-state index in [1.54, 1.807) is 24.3 Å². The molecule has 2 rings (SSSR count). The van der Waals surface area contributed by atoms with Gasteiger partial charge in [0.05, 0.1) is 13.2 Å². The molecule has 110 valence electrons. The van der Waals surface area contributed by atoms with Gasteiger partial charge in [-0.1, -0.05) is 30.3 Å². The zero-order chi connectivity index (χ0) is 14.6. The molecule has 1 aliphatic rings. The molecule has 5 nitrogen and oxygen atoms in total. The van der Waals surface area contributed by atoms with Gasteiger partial charge in [0.15, 0.2) is 5.54 Å². The number of benzene rings is 1. The van der Waals surface area contributed by atoms with Crippen LogP contribution in [-0.2, 0) is 15.1 Å². The van der Waals surface area contributed by atoms with Crippen molar-refractivity contribution in [3.8, 4) is 0 Å². The van der Waals surface area contributed by atoms with Crippen LogP contribution in [0.15, 0.2) is 30.3 Å². The summed E-state index contributed by atoms with van der Waals surface area (Å²) in [6.07, 6.45) is 1.02. The number of hydrogen-bond acceptors (Lipinski definition) is 5. The topological polar surface area (TPSA) is 75.8 Å². The quantitative estimate of drug-likeness (QED) is 0.759. The molecule has 0 aliphatic carbocycles. The first kappa shape index (κ1) is 15.0. The first-order valence-corrected chi connectivity index (χ1v) is 6.87. The third-order valence-corrected chi connectivity index (χ3v) is 3.84. The standard InChI is InChI=1S/C15H22N2O3/c1-17-8-7-12(9-17)10-20-14(19)15(16,11-18)13-5-3-2-4-6-13/h2-6,12,18H,7-11,16H2,1H3/t12-,15?/m0/s1. The van der Waals surface area contributed by atoms with E-state index in [2.05, 4.69) is 4.90 Å². The SMILES string of the molecule is CN1CC[C@H](COC(=O)C(N)(CO)c2ccccc2)C1. The van der Waals surface area contributed by atoms with Crippen molar-refractivity contribution in [3.63, 3.8) is 0 Å². The molecule has 0 spiro atoms. The van der Waals surface area contributed by atoms with E-state index in [1.165, 1.54) is 0 Å². The predicted molar refractivity (Wildman–Crippen MR) is 76.0 cm³/mol. The molecule has 1 aliphatic heterocycles. The second kappa shape index (κ2) is 6.35. The Labute approximate surface area is 119 Å². The number of likely N-dealkylation sites (tertiary alicyclic amines) is 1. The van der Waals surface area contributed by atoms with Crippen molar-refractivity contribution < 1.29 is 14.6 Å². The highest BCUT2D eigenvalue weighted by Gasteiger charge is 2.37. The molecule has 20 heavy (non-hydrogen) atoms. The van der Waals surface area contributed by atoms with Gasteiger partial charge in [0.2, 0.25) is 0 Å². The van der Waals surface area contributed by atoms with Crippen LogP contribution in [0.5, 0.6) is 0 Å². The van der Waals surface area contributed by atoms with Gasteiger partial charge < -0.3 is 20.5 Å². The van der Waals surface area contributed by atoms with E-state index >= 15 is 0 Å². The van der Waals surface area contributed by atoms with Gasteiger partial charge in [0.25, 0.3) is 0 Å². The fourth-order valence-corrected chi connectivity index (χ4v) is 2.49. The molecule has 5 heteroatoms. The van der Waals surface area contributed by atoms with E-state index < -0.39 is 18.1 Å². The highest BCUT2D eigenvalue weighted by molar-refractivity contribution is 5.82. The average molecular weight is 278 g/mol.